The van der Waals surface area contributed by atoms with Gasteiger partial charge in [0.25, 0.3) is 0 Å². The van der Waals surface area contributed by atoms with E-state index in [9.17, 15) is 0 Å². The van der Waals surface area contributed by atoms with Crippen molar-refractivity contribution >= 4 is 18.0 Å². The first-order valence-corrected chi connectivity index (χ1v) is 8.66. The predicted octanol–water partition coefficient (Wildman–Crippen LogP) is 3.91. The van der Waals surface area contributed by atoms with Crippen molar-refractivity contribution < 1.29 is 4.74 Å². The molecule has 0 N–H and O–H groups in total. The van der Waals surface area contributed by atoms with Crippen LogP contribution in [0.2, 0.25) is 0 Å². The molecule has 0 amide bonds. The minimum atomic E-state index is 0.910. The third kappa shape index (κ3) is 4.63. The number of ether oxygens (including phenoxy) is 1. The number of nitrogens with zero attached hydrogens (tertiary/aromatic N) is 3. The topological polar surface area (TPSA) is 28.1 Å². The number of piperazine rings is 1. The summed E-state index contributed by atoms with van der Waals surface area (Å²) in [6.07, 6.45) is 4.10. The monoisotopic (exact) mass is 335 g/mol. The Morgan fingerprint density at radius 3 is 2.36 bits per heavy atom. The van der Waals surface area contributed by atoms with Crippen LogP contribution in [-0.2, 0) is 0 Å². The molecule has 0 spiro atoms. The first-order valence-electron chi connectivity index (χ1n) is 8.66. The first-order chi connectivity index (χ1) is 12.3. The lowest BCUT2D eigenvalue weighted by Crippen LogP contribution is -2.44. The lowest BCUT2D eigenvalue weighted by atomic mass is 10.1. The van der Waals surface area contributed by atoms with Crippen molar-refractivity contribution in [3.05, 3.63) is 65.7 Å². The molecule has 0 atom stereocenters. The summed E-state index contributed by atoms with van der Waals surface area (Å²) < 4.78 is 5.47. The number of hydrogen-bond donors (Lipinski definition) is 0. The summed E-state index contributed by atoms with van der Waals surface area (Å²) in [5.41, 5.74) is 3.51. The van der Waals surface area contributed by atoms with Crippen LogP contribution < -0.4 is 9.64 Å². The van der Waals surface area contributed by atoms with E-state index in [1.807, 2.05) is 36.5 Å². The second kappa shape index (κ2) is 8.38. The van der Waals surface area contributed by atoms with Crippen molar-refractivity contribution in [2.75, 3.05) is 38.2 Å². The van der Waals surface area contributed by atoms with E-state index in [0.29, 0.717) is 0 Å². The molecule has 3 rings (SSSR count). The number of benzene rings is 2. The maximum atomic E-state index is 5.47. The molecule has 0 aliphatic carbocycles. The van der Waals surface area contributed by atoms with E-state index >= 15 is 0 Å². The number of para-hydroxylation sites is 2. The number of anilines is 1. The Bertz CT molecular complexity index is 732. The SMILES string of the molecule is COc1ccccc1N1CCN(N=C/C(C)=C/c2ccccc2)CC1. The highest BCUT2D eigenvalue weighted by molar-refractivity contribution is 5.84. The maximum absolute atomic E-state index is 5.47. The van der Waals surface area contributed by atoms with E-state index in [-0.39, 0.29) is 0 Å². The molecule has 1 aliphatic rings. The van der Waals surface area contributed by atoms with E-state index in [1.165, 1.54) is 5.56 Å². The largest absolute Gasteiger partial charge is 0.495 e. The fourth-order valence-electron chi connectivity index (χ4n) is 2.97. The van der Waals surface area contributed by atoms with Gasteiger partial charge < -0.3 is 9.64 Å². The number of hydrazone groups is 1. The van der Waals surface area contributed by atoms with Crippen LogP contribution in [0.5, 0.6) is 5.75 Å². The summed E-state index contributed by atoms with van der Waals surface area (Å²) in [5.74, 6) is 0.932. The second-order valence-electron chi connectivity index (χ2n) is 6.16. The Balaban J connectivity index is 1.56. The van der Waals surface area contributed by atoms with Gasteiger partial charge in [0.05, 0.1) is 25.9 Å². The van der Waals surface area contributed by atoms with Gasteiger partial charge in [-0.3, -0.25) is 5.01 Å². The lowest BCUT2D eigenvalue weighted by Gasteiger charge is -2.35. The molecule has 1 heterocycles. The van der Waals surface area contributed by atoms with Crippen molar-refractivity contribution in [3.8, 4) is 5.75 Å². The van der Waals surface area contributed by atoms with Crippen LogP contribution in [0.3, 0.4) is 0 Å². The van der Waals surface area contributed by atoms with Gasteiger partial charge in [0.15, 0.2) is 0 Å². The summed E-state index contributed by atoms with van der Waals surface area (Å²) >= 11 is 0. The van der Waals surface area contributed by atoms with E-state index in [1.54, 1.807) is 7.11 Å². The number of allylic oxidation sites excluding steroid dienone is 1. The number of hydrogen-bond acceptors (Lipinski definition) is 4. The first kappa shape index (κ1) is 17.1. The van der Waals surface area contributed by atoms with Crippen molar-refractivity contribution in [1.82, 2.24) is 5.01 Å². The Morgan fingerprint density at radius 1 is 0.960 bits per heavy atom. The van der Waals surface area contributed by atoms with Crippen molar-refractivity contribution in [3.63, 3.8) is 0 Å². The molecule has 4 nitrogen and oxygen atoms in total. The van der Waals surface area contributed by atoms with Gasteiger partial charge in [0, 0.05) is 19.3 Å². The van der Waals surface area contributed by atoms with E-state index < -0.39 is 0 Å². The molecule has 1 aliphatic heterocycles. The molecule has 1 fully saturated rings. The van der Waals surface area contributed by atoms with Crippen LogP contribution in [0.4, 0.5) is 5.69 Å². The van der Waals surface area contributed by atoms with Gasteiger partial charge in [0.1, 0.15) is 5.75 Å². The highest BCUT2D eigenvalue weighted by Crippen LogP contribution is 2.28. The maximum Gasteiger partial charge on any atom is 0.142 e. The molecule has 0 radical (unpaired) electrons. The Labute approximate surface area is 150 Å². The summed E-state index contributed by atoms with van der Waals surface area (Å²) in [5, 5.41) is 6.77. The van der Waals surface area contributed by atoms with Crippen molar-refractivity contribution in [2.24, 2.45) is 5.10 Å². The van der Waals surface area contributed by atoms with Gasteiger partial charge in [-0.15, -0.1) is 0 Å². The molecule has 130 valence electrons. The van der Waals surface area contributed by atoms with Crippen LogP contribution in [0.15, 0.2) is 65.3 Å². The summed E-state index contributed by atoms with van der Waals surface area (Å²) in [6, 6.07) is 18.5. The third-order valence-electron chi connectivity index (χ3n) is 4.30. The Morgan fingerprint density at radius 2 is 1.64 bits per heavy atom. The minimum Gasteiger partial charge on any atom is -0.495 e. The van der Waals surface area contributed by atoms with Crippen LogP contribution in [0.1, 0.15) is 12.5 Å². The zero-order chi connectivity index (χ0) is 17.5. The molecule has 0 aromatic heterocycles. The fraction of sp³-hybridized carbons (Fsp3) is 0.286. The van der Waals surface area contributed by atoms with Gasteiger partial charge in [-0.2, -0.15) is 5.10 Å². The quantitative estimate of drug-likeness (QED) is 0.776. The van der Waals surface area contributed by atoms with Crippen LogP contribution in [0, 0.1) is 0 Å². The van der Waals surface area contributed by atoms with Gasteiger partial charge in [0.2, 0.25) is 0 Å². The average molecular weight is 335 g/mol. The molecular formula is C21H25N3O. The lowest BCUT2D eigenvalue weighted by molar-refractivity contribution is 0.271. The number of methoxy groups -OCH3 is 1. The predicted molar refractivity (Wildman–Crippen MR) is 105 cm³/mol. The van der Waals surface area contributed by atoms with E-state index in [2.05, 4.69) is 52.3 Å². The van der Waals surface area contributed by atoms with Gasteiger partial charge in [-0.1, -0.05) is 48.5 Å². The Kier molecular flexibility index (Phi) is 5.73. The molecule has 25 heavy (non-hydrogen) atoms. The van der Waals surface area contributed by atoms with Gasteiger partial charge in [-0.05, 0) is 30.2 Å². The summed E-state index contributed by atoms with van der Waals surface area (Å²) in [7, 11) is 1.72. The van der Waals surface area contributed by atoms with Crippen molar-refractivity contribution in [2.45, 2.75) is 6.92 Å². The zero-order valence-electron chi connectivity index (χ0n) is 14.9. The Hall–Kier alpha value is -2.75. The minimum absolute atomic E-state index is 0.910. The fourth-order valence-corrected chi connectivity index (χ4v) is 2.97. The smallest absolute Gasteiger partial charge is 0.142 e. The molecule has 0 bridgehead atoms. The molecule has 2 aromatic carbocycles. The summed E-state index contributed by atoms with van der Waals surface area (Å²) in [6.45, 7) is 5.79. The molecule has 1 saturated heterocycles. The normalized spacial score (nSPS) is 15.7. The van der Waals surface area contributed by atoms with Crippen LogP contribution in [0.25, 0.3) is 6.08 Å². The second-order valence-corrected chi connectivity index (χ2v) is 6.16. The van der Waals surface area contributed by atoms with Crippen LogP contribution >= 0.6 is 0 Å². The van der Waals surface area contributed by atoms with E-state index in [4.69, 9.17) is 4.74 Å². The van der Waals surface area contributed by atoms with Crippen molar-refractivity contribution in [1.29, 1.82) is 0 Å². The molecular weight excluding hydrogens is 310 g/mol. The highest BCUT2D eigenvalue weighted by Gasteiger charge is 2.18. The number of rotatable bonds is 5. The van der Waals surface area contributed by atoms with E-state index in [0.717, 1.165) is 43.2 Å². The van der Waals surface area contributed by atoms with Gasteiger partial charge >= 0.3 is 0 Å². The third-order valence-corrected chi connectivity index (χ3v) is 4.30. The standard InChI is InChI=1S/C21H25N3O/c1-18(16-19-8-4-3-5-9-19)17-22-24-14-12-23(13-15-24)20-10-6-7-11-21(20)25-2/h3-11,16-17H,12-15H2,1-2H3/b18-16+,22-17?. The average Bonchev–Trinajstić information content (AvgIpc) is 2.67. The molecule has 0 unspecified atom stereocenters. The van der Waals surface area contributed by atoms with Crippen LogP contribution in [-0.4, -0.2) is 44.5 Å². The van der Waals surface area contributed by atoms with Gasteiger partial charge in [-0.25, -0.2) is 0 Å². The zero-order valence-corrected chi connectivity index (χ0v) is 14.9. The summed E-state index contributed by atoms with van der Waals surface area (Å²) in [4.78, 5) is 2.36. The molecule has 4 heteroatoms. The highest BCUT2D eigenvalue weighted by atomic mass is 16.5. The molecule has 0 saturated carbocycles. The molecule has 2 aromatic rings.